The Balaban J connectivity index is 2.29. The molecule has 1 aliphatic heterocycles. The van der Waals surface area contributed by atoms with Gasteiger partial charge in [-0.3, -0.25) is 0 Å². The Morgan fingerprint density at radius 3 is 2.87 bits per heavy atom. The van der Waals surface area contributed by atoms with Crippen molar-refractivity contribution in [3.8, 4) is 0 Å². The van der Waals surface area contributed by atoms with Gasteiger partial charge in [0, 0.05) is 12.6 Å². The molecule has 0 aromatic heterocycles. The average molecular weight is 214 g/mol. The van der Waals surface area contributed by atoms with Crippen LogP contribution in [-0.2, 0) is 0 Å². The van der Waals surface area contributed by atoms with E-state index in [1.807, 2.05) is 0 Å². The van der Waals surface area contributed by atoms with Crippen LogP contribution in [0.15, 0.2) is 0 Å². The topological polar surface area (TPSA) is 35.5 Å². The number of likely N-dealkylation sites (N-methyl/N-ethyl adjacent to an activating group) is 1. The summed E-state index contributed by atoms with van der Waals surface area (Å²) in [6, 6.07) is 0.253. The van der Waals surface area contributed by atoms with Crippen molar-refractivity contribution in [2.24, 2.45) is 5.92 Å². The van der Waals surface area contributed by atoms with Gasteiger partial charge < -0.3 is 15.3 Å². The first-order chi connectivity index (χ1) is 7.26. The van der Waals surface area contributed by atoms with E-state index >= 15 is 0 Å². The number of aliphatic hydroxyl groups is 1. The van der Waals surface area contributed by atoms with E-state index in [0.29, 0.717) is 0 Å². The molecule has 1 saturated heterocycles. The van der Waals surface area contributed by atoms with Crippen LogP contribution in [0.25, 0.3) is 0 Å². The lowest BCUT2D eigenvalue weighted by molar-refractivity contribution is 0.184. The number of likely N-dealkylation sites (tertiary alicyclic amines) is 1. The van der Waals surface area contributed by atoms with Crippen molar-refractivity contribution in [2.45, 2.75) is 39.2 Å². The number of nitrogens with one attached hydrogen (secondary N) is 1. The molecule has 0 saturated carbocycles. The summed E-state index contributed by atoms with van der Waals surface area (Å²) in [5.74, 6) is 0.877. The van der Waals surface area contributed by atoms with Crippen LogP contribution < -0.4 is 5.32 Å². The third kappa shape index (κ3) is 4.96. The smallest absolute Gasteiger partial charge is 0.0597 e. The van der Waals surface area contributed by atoms with Crippen molar-refractivity contribution in [1.82, 2.24) is 10.2 Å². The van der Waals surface area contributed by atoms with Gasteiger partial charge in [-0.05, 0) is 44.8 Å². The Morgan fingerprint density at radius 2 is 2.20 bits per heavy atom. The van der Waals surface area contributed by atoms with Gasteiger partial charge in [0.15, 0.2) is 0 Å². The molecule has 0 aromatic rings. The standard InChI is InChI=1S/C12H26N2O/c1-3-13-12(10-15)9-14-7-4-5-11(2)6-8-14/h11-13,15H,3-10H2,1-2H3. The molecule has 0 amide bonds. The normalized spacial score (nSPS) is 26.2. The molecule has 0 aromatic carbocycles. The molecular weight excluding hydrogens is 188 g/mol. The Kier molecular flexibility index (Phi) is 6.22. The van der Waals surface area contributed by atoms with E-state index in [-0.39, 0.29) is 12.6 Å². The van der Waals surface area contributed by atoms with Crippen molar-refractivity contribution in [3.05, 3.63) is 0 Å². The first kappa shape index (κ1) is 12.9. The minimum atomic E-state index is 0.250. The highest BCUT2D eigenvalue weighted by Gasteiger charge is 2.16. The molecular formula is C12H26N2O. The van der Waals surface area contributed by atoms with E-state index in [1.54, 1.807) is 0 Å². The molecule has 3 heteroatoms. The summed E-state index contributed by atoms with van der Waals surface area (Å²) >= 11 is 0. The van der Waals surface area contributed by atoms with Gasteiger partial charge in [0.2, 0.25) is 0 Å². The monoisotopic (exact) mass is 214 g/mol. The Hall–Kier alpha value is -0.120. The molecule has 0 bridgehead atoms. The number of rotatable bonds is 5. The minimum absolute atomic E-state index is 0.250. The van der Waals surface area contributed by atoms with Gasteiger partial charge in [-0.15, -0.1) is 0 Å². The molecule has 1 rings (SSSR count). The second-order valence-electron chi connectivity index (χ2n) is 4.77. The zero-order chi connectivity index (χ0) is 11.1. The molecule has 2 atom stereocenters. The largest absolute Gasteiger partial charge is 0.395 e. The molecule has 1 heterocycles. The Labute approximate surface area is 93.9 Å². The van der Waals surface area contributed by atoms with Crippen molar-refractivity contribution >= 4 is 0 Å². The lowest BCUT2D eigenvalue weighted by atomic mass is 10.0. The highest BCUT2D eigenvalue weighted by Crippen LogP contribution is 2.16. The van der Waals surface area contributed by atoms with E-state index < -0.39 is 0 Å². The van der Waals surface area contributed by atoms with Gasteiger partial charge in [0.05, 0.1) is 6.61 Å². The molecule has 2 unspecified atom stereocenters. The number of aliphatic hydroxyl groups excluding tert-OH is 1. The SMILES string of the molecule is CCNC(CO)CN1CCCC(C)CC1. The molecule has 3 nitrogen and oxygen atoms in total. The van der Waals surface area contributed by atoms with Crippen molar-refractivity contribution in [1.29, 1.82) is 0 Å². The highest BCUT2D eigenvalue weighted by molar-refractivity contribution is 4.74. The molecule has 15 heavy (non-hydrogen) atoms. The highest BCUT2D eigenvalue weighted by atomic mass is 16.3. The van der Waals surface area contributed by atoms with Crippen LogP contribution in [0.2, 0.25) is 0 Å². The zero-order valence-electron chi connectivity index (χ0n) is 10.2. The number of hydrogen-bond donors (Lipinski definition) is 2. The maximum atomic E-state index is 9.22. The fraction of sp³-hybridized carbons (Fsp3) is 1.00. The van der Waals surface area contributed by atoms with Crippen LogP contribution in [0.4, 0.5) is 0 Å². The predicted octanol–water partition coefficient (Wildman–Crippen LogP) is 1.08. The van der Waals surface area contributed by atoms with Gasteiger partial charge in [0.25, 0.3) is 0 Å². The van der Waals surface area contributed by atoms with Crippen LogP contribution >= 0.6 is 0 Å². The summed E-state index contributed by atoms with van der Waals surface area (Å²) in [6.07, 6.45) is 3.98. The van der Waals surface area contributed by atoms with Crippen LogP contribution in [0, 0.1) is 5.92 Å². The summed E-state index contributed by atoms with van der Waals surface area (Å²) < 4.78 is 0. The van der Waals surface area contributed by atoms with E-state index in [2.05, 4.69) is 24.1 Å². The van der Waals surface area contributed by atoms with Crippen LogP contribution in [0.5, 0.6) is 0 Å². The summed E-state index contributed by atoms with van der Waals surface area (Å²) in [4.78, 5) is 2.49. The van der Waals surface area contributed by atoms with Crippen molar-refractivity contribution in [2.75, 3.05) is 32.8 Å². The predicted molar refractivity (Wildman–Crippen MR) is 64.0 cm³/mol. The van der Waals surface area contributed by atoms with E-state index in [0.717, 1.165) is 19.0 Å². The van der Waals surface area contributed by atoms with E-state index in [9.17, 15) is 5.11 Å². The summed E-state index contributed by atoms with van der Waals surface area (Å²) in [5.41, 5.74) is 0. The zero-order valence-corrected chi connectivity index (χ0v) is 10.2. The van der Waals surface area contributed by atoms with Gasteiger partial charge >= 0.3 is 0 Å². The molecule has 1 fully saturated rings. The first-order valence-corrected chi connectivity index (χ1v) is 6.32. The minimum Gasteiger partial charge on any atom is -0.395 e. The Morgan fingerprint density at radius 1 is 1.40 bits per heavy atom. The van der Waals surface area contributed by atoms with Crippen molar-refractivity contribution in [3.63, 3.8) is 0 Å². The lowest BCUT2D eigenvalue weighted by Gasteiger charge is -2.25. The summed E-state index contributed by atoms with van der Waals surface area (Å²) in [7, 11) is 0. The van der Waals surface area contributed by atoms with Gasteiger partial charge in [-0.25, -0.2) is 0 Å². The average Bonchev–Trinajstić information content (AvgIpc) is 2.43. The van der Waals surface area contributed by atoms with E-state index in [4.69, 9.17) is 0 Å². The van der Waals surface area contributed by atoms with Gasteiger partial charge in [-0.1, -0.05) is 13.8 Å². The third-order valence-corrected chi connectivity index (χ3v) is 3.30. The van der Waals surface area contributed by atoms with Gasteiger partial charge in [-0.2, -0.15) is 0 Å². The summed E-state index contributed by atoms with van der Waals surface area (Å²) in [5, 5.41) is 12.5. The van der Waals surface area contributed by atoms with Gasteiger partial charge in [0.1, 0.15) is 0 Å². The Bertz CT molecular complexity index is 164. The van der Waals surface area contributed by atoms with Crippen LogP contribution in [-0.4, -0.2) is 48.8 Å². The van der Waals surface area contributed by atoms with E-state index in [1.165, 1.54) is 32.4 Å². The number of hydrogen-bond acceptors (Lipinski definition) is 3. The van der Waals surface area contributed by atoms with Crippen molar-refractivity contribution < 1.29 is 5.11 Å². The second-order valence-corrected chi connectivity index (χ2v) is 4.77. The van der Waals surface area contributed by atoms with Crippen LogP contribution in [0.1, 0.15) is 33.1 Å². The third-order valence-electron chi connectivity index (χ3n) is 3.30. The quantitative estimate of drug-likeness (QED) is 0.719. The fourth-order valence-electron chi connectivity index (χ4n) is 2.29. The number of nitrogens with zero attached hydrogens (tertiary/aromatic N) is 1. The summed E-state index contributed by atoms with van der Waals surface area (Å²) in [6.45, 7) is 9.02. The molecule has 0 radical (unpaired) electrons. The first-order valence-electron chi connectivity index (χ1n) is 6.32. The fourth-order valence-corrected chi connectivity index (χ4v) is 2.29. The molecule has 0 aliphatic carbocycles. The van der Waals surface area contributed by atoms with Crippen LogP contribution in [0.3, 0.4) is 0 Å². The second kappa shape index (κ2) is 7.20. The lowest BCUT2D eigenvalue weighted by Crippen LogP contribution is -2.43. The maximum absolute atomic E-state index is 9.22. The molecule has 1 aliphatic rings. The maximum Gasteiger partial charge on any atom is 0.0597 e. The molecule has 0 spiro atoms. The molecule has 90 valence electrons. The molecule has 2 N–H and O–H groups in total.